The topological polar surface area (TPSA) is 73.6 Å². The Morgan fingerprint density at radius 1 is 1.17 bits per heavy atom. The number of aliphatic hydroxyl groups is 1. The van der Waals surface area contributed by atoms with E-state index in [0.717, 1.165) is 6.07 Å². The highest BCUT2D eigenvalue weighted by Gasteiger charge is 2.26. The first kappa shape index (κ1) is 20.0. The largest absolute Gasteiger partial charge is 0.490 e. The Kier molecular flexibility index (Phi) is 5.45. The lowest BCUT2D eigenvalue weighted by Crippen LogP contribution is -2.23. The molecule has 0 aliphatic carbocycles. The summed E-state index contributed by atoms with van der Waals surface area (Å²) in [7, 11) is 0. The Balaban J connectivity index is 1.43. The first-order valence-electron chi connectivity index (χ1n) is 9.20. The van der Waals surface area contributed by atoms with Crippen molar-refractivity contribution in [3.8, 4) is 22.9 Å². The number of rotatable bonds is 6. The summed E-state index contributed by atoms with van der Waals surface area (Å²) in [5.74, 6) is -2.79. The Bertz CT molecular complexity index is 1130. The third-order valence-electron chi connectivity index (χ3n) is 4.69. The Morgan fingerprint density at radius 2 is 1.93 bits per heavy atom. The van der Waals surface area contributed by atoms with Crippen molar-refractivity contribution in [2.75, 3.05) is 13.2 Å². The fourth-order valence-electron chi connectivity index (χ4n) is 3.30. The molecule has 2 aromatic carbocycles. The van der Waals surface area contributed by atoms with Gasteiger partial charge in [-0.3, -0.25) is 9.36 Å². The van der Waals surface area contributed by atoms with Crippen molar-refractivity contribution in [2.24, 2.45) is 0 Å². The minimum absolute atomic E-state index is 0.105. The number of aliphatic hydroxyl groups excluding tert-OH is 1. The predicted molar refractivity (Wildman–Crippen MR) is 101 cm³/mol. The van der Waals surface area contributed by atoms with Crippen LogP contribution in [-0.4, -0.2) is 34.0 Å². The molecule has 0 fully saturated rings. The molecule has 0 saturated heterocycles. The summed E-state index contributed by atoms with van der Waals surface area (Å²) < 4.78 is 53.8. The maximum Gasteiger partial charge on any atom is 0.300 e. The molecule has 6 nitrogen and oxygen atoms in total. The van der Waals surface area contributed by atoms with Gasteiger partial charge in [0.25, 0.3) is 11.6 Å². The van der Waals surface area contributed by atoms with Crippen molar-refractivity contribution in [1.29, 1.82) is 0 Å². The van der Waals surface area contributed by atoms with Crippen molar-refractivity contribution >= 4 is 0 Å². The van der Waals surface area contributed by atoms with Gasteiger partial charge < -0.3 is 14.6 Å². The van der Waals surface area contributed by atoms with Gasteiger partial charge in [0, 0.05) is 36.4 Å². The average molecular weight is 418 g/mol. The molecule has 1 atom stereocenters. The first-order chi connectivity index (χ1) is 14.4. The molecule has 1 aliphatic rings. The Morgan fingerprint density at radius 3 is 2.67 bits per heavy atom. The molecule has 1 aromatic heterocycles. The molecule has 0 saturated carbocycles. The zero-order chi connectivity index (χ0) is 21.3. The first-order valence-corrected chi connectivity index (χ1v) is 9.20. The van der Waals surface area contributed by atoms with Crippen molar-refractivity contribution < 1.29 is 27.8 Å². The van der Waals surface area contributed by atoms with E-state index in [1.807, 2.05) is 0 Å². The van der Waals surface area contributed by atoms with E-state index in [9.17, 15) is 18.0 Å². The van der Waals surface area contributed by atoms with E-state index >= 15 is 0 Å². The van der Waals surface area contributed by atoms with Crippen molar-refractivity contribution in [3.05, 3.63) is 76.0 Å². The van der Waals surface area contributed by atoms with E-state index in [1.165, 1.54) is 18.2 Å². The predicted octanol–water partition coefficient (Wildman–Crippen LogP) is 2.70. The lowest BCUT2D eigenvalue weighted by molar-refractivity contribution is 0.143. The van der Waals surface area contributed by atoms with Crippen LogP contribution in [0.2, 0.25) is 0 Å². The summed E-state index contributed by atoms with van der Waals surface area (Å²) in [6.45, 7) is 0.453. The van der Waals surface area contributed by atoms with Crippen LogP contribution in [0.3, 0.4) is 0 Å². The molecule has 30 heavy (non-hydrogen) atoms. The molecule has 1 aliphatic heterocycles. The van der Waals surface area contributed by atoms with E-state index in [2.05, 4.69) is 4.98 Å². The molecule has 2 heterocycles. The van der Waals surface area contributed by atoms with Crippen LogP contribution in [0.15, 0.2) is 47.3 Å². The van der Waals surface area contributed by atoms with Gasteiger partial charge in [-0.2, -0.15) is 4.98 Å². The number of fused-ring (bicyclic) bond motifs is 1. The Labute approximate surface area is 169 Å². The summed E-state index contributed by atoms with van der Waals surface area (Å²) in [4.78, 5) is 15.5. The SMILES string of the molecule is O=c1cc(CCO)n2c(n1)OC(COc1ccc(-c3cc(F)cc(F)c3F)cc1)C2. The van der Waals surface area contributed by atoms with Gasteiger partial charge in [-0.05, 0) is 23.8 Å². The normalized spacial score (nSPS) is 15.0. The zero-order valence-corrected chi connectivity index (χ0v) is 15.6. The summed E-state index contributed by atoms with van der Waals surface area (Å²) in [6, 6.07) is 9.06. The second-order valence-corrected chi connectivity index (χ2v) is 6.78. The molecule has 0 bridgehead atoms. The summed E-state index contributed by atoms with van der Waals surface area (Å²) in [5, 5.41) is 9.15. The molecule has 0 radical (unpaired) electrons. The van der Waals surface area contributed by atoms with Gasteiger partial charge in [-0.15, -0.1) is 0 Å². The quantitative estimate of drug-likeness (QED) is 0.624. The van der Waals surface area contributed by atoms with Gasteiger partial charge in [0.1, 0.15) is 18.2 Å². The van der Waals surface area contributed by atoms with Gasteiger partial charge in [-0.25, -0.2) is 13.2 Å². The van der Waals surface area contributed by atoms with Crippen LogP contribution in [0.4, 0.5) is 13.2 Å². The van der Waals surface area contributed by atoms with E-state index in [1.54, 1.807) is 16.7 Å². The minimum atomic E-state index is -1.25. The third-order valence-corrected chi connectivity index (χ3v) is 4.69. The van der Waals surface area contributed by atoms with Crippen LogP contribution in [0.1, 0.15) is 5.69 Å². The van der Waals surface area contributed by atoms with E-state index in [0.29, 0.717) is 36.0 Å². The molecule has 1 unspecified atom stereocenters. The maximum atomic E-state index is 13.9. The molecular weight excluding hydrogens is 401 g/mol. The van der Waals surface area contributed by atoms with Crippen LogP contribution in [0.25, 0.3) is 11.1 Å². The standard InChI is InChI=1S/C21H17F3N2O4/c22-13-7-17(20(24)18(23)8-13)12-1-3-15(4-2-12)29-11-16-10-26-14(5-6-27)9-19(28)25-21(26)30-16/h1-4,7-9,16,27H,5-6,10-11H2. The van der Waals surface area contributed by atoms with Crippen LogP contribution >= 0.6 is 0 Å². The number of nitrogens with zero attached hydrogens (tertiary/aromatic N) is 2. The summed E-state index contributed by atoms with van der Waals surface area (Å²) in [5.41, 5.74) is 0.312. The van der Waals surface area contributed by atoms with Gasteiger partial charge >= 0.3 is 0 Å². The monoisotopic (exact) mass is 418 g/mol. The highest BCUT2D eigenvalue weighted by atomic mass is 19.2. The molecule has 4 rings (SSSR count). The molecule has 0 spiro atoms. The van der Waals surface area contributed by atoms with Gasteiger partial charge in [0.05, 0.1) is 6.54 Å². The lowest BCUT2D eigenvalue weighted by Gasteiger charge is -2.12. The third kappa shape index (κ3) is 4.02. The smallest absolute Gasteiger partial charge is 0.300 e. The highest BCUT2D eigenvalue weighted by molar-refractivity contribution is 5.65. The summed E-state index contributed by atoms with van der Waals surface area (Å²) >= 11 is 0. The second kappa shape index (κ2) is 8.19. The van der Waals surface area contributed by atoms with Crippen LogP contribution < -0.4 is 15.0 Å². The van der Waals surface area contributed by atoms with Gasteiger partial charge in [0.2, 0.25) is 0 Å². The van der Waals surface area contributed by atoms with Gasteiger partial charge in [0.15, 0.2) is 17.7 Å². The molecule has 0 amide bonds. The van der Waals surface area contributed by atoms with Gasteiger partial charge in [-0.1, -0.05) is 12.1 Å². The molecule has 9 heteroatoms. The van der Waals surface area contributed by atoms with E-state index in [-0.39, 0.29) is 24.8 Å². The van der Waals surface area contributed by atoms with Crippen LogP contribution in [0.5, 0.6) is 11.8 Å². The maximum absolute atomic E-state index is 13.9. The molecule has 156 valence electrons. The van der Waals surface area contributed by atoms with E-state index < -0.39 is 29.1 Å². The van der Waals surface area contributed by atoms with E-state index in [4.69, 9.17) is 14.6 Å². The summed E-state index contributed by atoms with van der Waals surface area (Å²) in [6.07, 6.45) is -0.0911. The lowest BCUT2D eigenvalue weighted by atomic mass is 10.0. The van der Waals surface area contributed by atoms with Crippen LogP contribution in [0, 0.1) is 17.5 Å². The number of aromatic nitrogens is 2. The van der Waals surface area contributed by atoms with Crippen molar-refractivity contribution in [1.82, 2.24) is 9.55 Å². The number of halogens is 3. The number of benzene rings is 2. The second-order valence-electron chi connectivity index (χ2n) is 6.78. The number of hydrogen-bond acceptors (Lipinski definition) is 5. The molecular formula is C21H17F3N2O4. The van der Waals surface area contributed by atoms with Crippen LogP contribution in [-0.2, 0) is 13.0 Å². The highest BCUT2D eigenvalue weighted by Crippen LogP contribution is 2.28. The average Bonchev–Trinajstić information content (AvgIpc) is 3.13. The fourth-order valence-corrected chi connectivity index (χ4v) is 3.30. The fraction of sp³-hybridized carbons (Fsp3) is 0.238. The Hall–Kier alpha value is -3.33. The number of ether oxygens (including phenoxy) is 2. The number of hydrogen-bond donors (Lipinski definition) is 1. The van der Waals surface area contributed by atoms with Crippen molar-refractivity contribution in [3.63, 3.8) is 0 Å². The minimum Gasteiger partial charge on any atom is -0.490 e. The zero-order valence-electron chi connectivity index (χ0n) is 15.6. The molecule has 1 N–H and O–H groups in total. The molecule has 3 aromatic rings. The van der Waals surface area contributed by atoms with Crippen molar-refractivity contribution in [2.45, 2.75) is 19.1 Å².